The molecule has 1 atom stereocenters. The molecule has 0 radical (unpaired) electrons. The van der Waals surface area contributed by atoms with Crippen LogP contribution in [0.1, 0.15) is 43.0 Å². The normalized spacial score (nSPS) is 24.8. The molecule has 3 aliphatic heterocycles. The average Bonchev–Trinajstić information content (AvgIpc) is 2.82. The van der Waals surface area contributed by atoms with Crippen LogP contribution in [-0.2, 0) is 21.9 Å². The van der Waals surface area contributed by atoms with E-state index < -0.39 is 11.3 Å². The maximum absolute atomic E-state index is 13.7. The number of ether oxygens (including phenoxy) is 1. The zero-order valence-electron chi connectivity index (χ0n) is 15.5. The Bertz CT molecular complexity index is 1010. The first-order valence-electron chi connectivity index (χ1n) is 9.03. The van der Waals surface area contributed by atoms with E-state index in [1.54, 1.807) is 0 Å². The zero-order valence-corrected chi connectivity index (χ0v) is 15.5. The van der Waals surface area contributed by atoms with Crippen LogP contribution < -0.4 is 10.2 Å². The first-order valence-corrected chi connectivity index (χ1v) is 9.03. The van der Waals surface area contributed by atoms with Crippen LogP contribution in [0.2, 0.25) is 0 Å². The van der Waals surface area contributed by atoms with Gasteiger partial charge in [-0.15, -0.1) is 0 Å². The van der Waals surface area contributed by atoms with E-state index in [9.17, 15) is 4.79 Å². The van der Waals surface area contributed by atoms with E-state index in [0.717, 1.165) is 33.6 Å². The van der Waals surface area contributed by atoms with Gasteiger partial charge >= 0.3 is 0 Å². The second-order valence-electron chi connectivity index (χ2n) is 8.08. The van der Waals surface area contributed by atoms with Crippen LogP contribution in [-0.4, -0.2) is 11.4 Å². The number of rotatable bonds is 0. The summed E-state index contributed by atoms with van der Waals surface area (Å²) in [5.41, 5.74) is 5.84. The fourth-order valence-corrected chi connectivity index (χ4v) is 4.63. The van der Waals surface area contributed by atoms with Crippen LogP contribution in [0, 0.1) is 6.92 Å². The first-order chi connectivity index (χ1) is 12.3. The summed E-state index contributed by atoms with van der Waals surface area (Å²) in [7, 11) is 0. The van der Waals surface area contributed by atoms with Crippen LogP contribution in [0.4, 0.5) is 11.4 Å². The largest absolute Gasteiger partial charge is 0.345 e. The SMILES string of the molecule is CC1=CC(C)(C)N2C(=O)[C@@]3(Nc4ccccc4CO3)c3cc(C)cc1c32. The van der Waals surface area contributed by atoms with Gasteiger partial charge in [0, 0.05) is 22.4 Å². The molecule has 0 saturated heterocycles. The van der Waals surface area contributed by atoms with Crippen LogP contribution >= 0.6 is 0 Å². The van der Waals surface area contributed by atoms with Gasteiger partial charge in [-0.05, 0) is 57.0 Å². The molecule has 26 heavy (non-hydrogen) atoms. The van der Waals surface area contributed by atoms with Crippen molar-refractivity contribution in [1.29, 1.82) is 0 Å². The molecular weight excluding hydrogens is 324 g/mol. The predicted molar refractivity (Wildman–Crippen MR) is 103 cm³/mol. The number of amides is 1. The maximum Gasteiger partial charge on any atom is 0.286 e. The van der Waals surface area contributed by atoms with Crippen molar-refractivity contribution in [3.8, 4) is 0 Å². The summed E-state index contributed by atoms with van der Waals surface area (Å²) in [6, 6.07) is 12.3. The number of aryl methyl sites for hydroxylation is 1. The molecule has 5 rings (SSSR count). The highest BCUT2D eigenvalue weighted by molar-refractivity contribution is 6.13. The molecule has 1 amide bonds. The lowest BCUT2D eigenvalue weighted by atomic mass is 9.88. The summed E-state index contributed by atoms with van der Waals surface area (Å²) in [6.45, 7) is 8.77. The van der Waals surface area contributed by atoms with Gasteiger partial charge in [0.1, 0.15) is 0 Å². The van der Waals surface area contributed by atoms with Crippen molar-refractivity contribution in [1.82, 2.24) is 0 Å². The number of hydrogen-bond donors (Lipinski definition) is 1. The lowest BCUT2D eigenvalue weighted by molar-refractivity contribution is -0.143. The summed E-state index contributed by atoms with van der Waals surface area (Å²) in [5.74, 6) is -0.0393. The number of anilines is 2. The first kappa shape index (κ1) is 15.6. The van der Waals surface area contributed by atoms with Crippen molar-refractivity contribution < 1.29 is 9.53 Å². The monoisotopic (exact) mass is 346 g/mol. The van der Waals surface area contributed by atoms with Crippen molar-refractivity contribution >= 4 is 22.9 Å². The van der Waals surface area contributed by atoms with Crippen LogP contribution in [0.5, 0.6) is 0 Å². The summed E-state index contributed by atoms with van der Waals surface area (Å²) in [4.78, 5) is 15.6. The number of benzene rings is 2. The summed E-state index contributed by atoms with van der Waals surface area (Å²) < 4.78 is 6.26. The van der Waals surface area contributed by atoms with Gasteiger partial charge in [-0.25, -0.2) is 0 Å². The van der Waals surface area contributed by atoms with E-state index in [1.165, 1.54) is 5.57 Å². The summed E-state index contributed by atoms with van der Waals surface area (Å²) in [5, 5.41) is 3.44. The Morgan fingerprint density at radius 2 is 1.92 bits per heavy atom. The summed E-state index contributed by atoms with van der Waals surface area (Å²) in [6.07, 6.45) is 2.17. The molecule has 0 unspecified atom stereocenters. The highest BCUT2D eigenvalue weighted by Crippen LogP contribution is 2.54. The standard InChI is InChI=1S/C22H22N2O2/c1-13-9-16-14(2)11-21(3,4)24-19(16)17(10-13)22(20(24)25)23-18-8-6-5-7-15(18)12-26-22/h5-11,23H,12H2,1-4H3/t22-/m1/s1. The lowest BCUT2D eigenvalue weighted by Crippen LogP contribution is -2.55. The Balaban J connectivity index is 1.79. The zero-order chi connectivity index (χ0) is 18.3. The molecule has 2 aromatic carbocycles. The number of nitrogens with one attached hydrogen (secondary N) is 1. The van der Waals surface area contributed by atoms with Gasteiger partial charge in [-0.1, -0.05) is 24.3 Å². The Hall–Kier alpha value is -2.59. The van der Waals surface area contributed by atoms with E-state index in [4.69, 9.17) is 4.74 Å². The number of carbonyl (C=O) groups is 1. The molecule has 0 saturated carbocycles. The van der Waals surface area contributed by atoms with Crippen molar-refractivity contribution in [2.24, 2.45) is 0 Å². The number of nitrogens with zero attached hydrogens (tertiary/aromatic N) is 1. The number of fused-ring (bicyclic) bond motifs is 2. The lowest BCUT2D eigenvalue weighted by Gasteiger charge is -2.40. The molecule has 1 spiro atoms. The molecule has 3 aliphatic rings. The van der Waals surface area contributed by atoms with Gasteiger partial charge in [-0.2, -0.15) is 0 Å². The van der Waals surface area contributed by atoms with Gasteiger partial charge in [0.25, 0.3) is 5.91 Å². The van der Waals surface area contributed by atoms with E-state index >= 15 is 0 Å². The third kappa shape index (κ3) is 1.80. The predicted octanol–water partition coefficient (Wildman–Crippen LogP) is 4.33. The highest BCUT2D eigenvalue weighted by atomic mass is 16.5. The number of para-hydroxylation sites is 1. The second-order valence-corrected chi connectivity index (χ2v) is 8.08. The quantitative estimate of drug-likeness (QED) is 0.772. The minimum atomic E-state index is -1.15. The highest BCUT2D eigenvalue weighted by Gasteiger charge is 2.58. The van der Waals surface area contributed by atoms with Crippen LogP contribution in [0.3, 0.4) is 0 Å². The fourth-order valence-electron chi connectivity index (χ4n) is 4.63. The van der Waals surface area contributed by atoms with E-state index in [0.29, 0.717) is 6.61 Å². The molecule has 0 bridgehead atoms. The minimum Gasteiger partial charge on any atom is -0.345 e. The van der Waals surface area contributed by atoms with Gasteiger partial charge in [0.05, 0.1) is 17.8 Å². The Labute approximate surface area is 153 Å². The molecule has 4 heteroatoms. The van der Waals surface area contributed by atoms with Gasteiger partial charge < -0.3 is 10.1 Å². The molecule has 0 aliphatic carbocycles. The topological polar surface area (TPSA) is 41.6 Å². The number of allylic oxidation sites excluding steroid dienone is 1. The second kappa shape index (κ2) is 4.77. The Morgan fingerprint density at radius 1 is 1.15 bits per heavy atom. The molecule has 0 aromatic heterocycles. The molecule has 3 heterocycles. The smallest absolute Gasteiger partial charge is 0.286 e. The number of carbonyl (C=O) groups excluding carboxylic acids is 1. The Kier molecular flexibility index (Phi) is 2.87. The average molecular weight is 346 g/mol. The molecule has 132 valence electrons. The summed E-state index contributed by atoms with van der Waals surface area (Å²) >= 11 is 0. The maximum atomic E-state index is 13.7. The molecule has 1 N–H and O–H groups in total. The van der Waals surface area contributed by atoms with Crippen molar-refractivity contribution in [3.63, 3.8) is 0 Å². The number of hydrogen-bond acceptors (Lipinski definition) is 3. The van der Waals surface area contributed by atoms with Crippen molar-refractivity contribution in [2.75, 3.05) is 10.2 Å². The molecule has 2 aromatic rings. The van der Waals surface area contributed by atoms with Crippen molar-refractivity contribution in [3.05, 3.63) is 64.7 Å². The van der Waals surface area contributed by atoms with E-state index in [1.807, 2.05) is 29.2 Å². The molecule has 4 nitrogen and oxygen atoms in total. The minimum absolute atomic E-state index is 0.0393. The van der Waals surface area contributed by atoms with E-state index in [-0.39, 0.29) is 5.91 Å². The van der Waals surface area contributed by atoms with Gasteiger partial charge in [-0.3, -0.25) is 9.69 Å². The fraction of sp³-hybridized carbons (Fsp3) is 0.318. The third-order valence-electron chi connectivity index (χ3n) is 5.70. The Morgan fingerprint density at radius 3 is 2.73 bits per heavy atom. The van der Waals surface area contributed by atoms with Gasteiger partial charge in [0.2, 0.25) is 5.72 Å². The van der Waals surface area contributed by atoms with E-state index in [2.05, 4.69) is 51.2 Å². The third-order valence-corrected chi connectivity index (χ3v) is 5.70. The van der Waals surface area contributed by atoms with Crippen LogP contribution in [0.15, 0.2) is 42.5 Å². The van der Waals surface area contributed by atoms with Gasteiger partial charge in [0.15, 0.2) is 0 Å². The molecular formula is C22H22N2O2. The van der Waals surface area contributed by atoms with Crippen LogP contribution in [0.25, 0.3) is 5.57 Å². The van der Waals surface area contributed by atoms with Crippen molar-refractivity contribution in [2.45, 2.75) is 45.6 Å². The molecule has 0 fully saturated rings.